The lowest BCUT2D eigenvalue weighted by molar-refractivity contribution is 0.623. The summed E-state index contributed by atoms with van der Waals surface area (Å²) in [5, 5.41) is 4.33. The fourth-order valence-corrected chi connectivity index (χ4v) is 3.77. The summed E-state index contributed by atoms with van der Waals surface area (Å²) in [6.07, 6.45) is 12.1. The highest BCUT2D eigenvalue weighted by Crippen LogP contribution is 2.28. The molecule has 2 rings (SSSR count). The molecule has 0 bridgehead atoms. The van der Waals surface area contributed by atoms with Crippen LogP contribution >= 0.6 is 12.2 Å². The molecular weight excluding hydrogens is 362 g/mol. The Kier molecular flexibility index (Phi) is 9.98. The van der Waals surface area contributed by atoms with E-state index in [1.165, 1.54) is 48.1 Å². The molecule has 0 aliphatic heterocycles. The number of para-hydroxylation sites is 1. The van der Waals surface area contributed by atoms with E-state index in [4.69, 9.17) is 12.2 Å². The molecule has 0 fully saturated rings. The van der Waals surface area contributed by atoms with Gasteiger partial charge in [0.05, 0.1) is 6.54 Å². The summed E-state index contributed by atoms with van der Waals surface area (Å²) in [4.78, 5) is 6.56. The lowest BCUT2D eigenvalue weighted by Gasteiger charge is -2.30. The topological polar surface area (TPSA) is 28.2 Å². The van der Waals surface area contributed by atoms with Gasteiger partial charge < -0.3 is 10.2 Å². The van der Waals surface area contributed by atoms with Gasteiger partial charge in [0.15, 0.2) is 5.11 Å². The Balaban J connectivity index is 2.19. The number of unbranched alkanes of at least 4 members (excludes halogenated alkanes) is 4. The summed E-state index contributed by atoms with van der Waals surface area (Å²) < 4.78 is 0. The first-order valence-corrected chi connectivity index (χ1v) is 11.2. The molecule has 0 aliphatic carbocycles. The smallest absolute Gasteiger partial charge is 0.173 e. The first-order valence-electron chi connectivity index (χ1n) is 10.8. The Labute approximate surface area is 176 Å². The number of nitrogens with zero attached hydrogens (tertiary/aromatic N) is 2. The molecule has 0 saturated carbocycles. The van der Waals surface area contributed by atoms with Gasteiger partial charge in [0.25, 0.3) is 0 Å². The van der Waals surface area contributed by atoms with Gasteiger partial charge in [0.1, 0.15) is 0 Å². The van der Waals surface area contributed by atoms with Gasteiger partial charge in [-0.15, -0.1) is 0 Å². The van der Waals surface area contributed by atoms with Crippen molar-refractivity contribution < 1.29 is 0 Å². The number of thiocarbonyl (C=S) groups is 1. The molecule has 2 aromatic rings. The lowest BCUT2D eigenvalue weighted by atomic mass is 10.0. The maximum atomic E-state index is 5.87. The Morgan fingerprint density at radius 1 is 0.964 bits per heavy atom. The van der Waals surface area contributed by atoms with E-state index in [1.807, 2.05) is 18.5 Å². The van der Waals surface area contributed by atoms with Crippen molar-refractivity contribution in [3.05, 3.63) is 59.4 Å². The molecule has 1 aromatic heterocycles. The number of hydrogen-bond donors (Lipinski definition) is 1. The minimum atomic E-state index is 0.736. The summed E-state index contributed by atoms with van der Waals surface area (Å²) >= 11 is 5.87. The van der Waals surface area contributed by atoms with Crippen LogP contribution in [0.5, 0.6) is 0 Å². The summed E-state index contributed by atoms with van der Waals surface area (Å²) in [5.41, 5.74) is 5.12. The highest BCUT2D eigenvalue weighted by molar-refractivity contribution is 7.80. The number of nitrogens with one attached hydrogen (secondary N) is 1. The fourth-order valence-electron chi connectivity index (χ4n) is 3.51. The van der Waals surface area contributed by atoms with Gasteiger partial charge in [-0.25, -0.2) is 0 Å². The largest absolute Gasteiger partial charge is 0.362 e. The molecule has 3 nitrogen and oxygen atoms in total. The quantitative estimate of drug-likeness (QED) is 0.368. The Hall–Kier alpha value is -1.94. The van der Waals surface area contributed by atoms with Gasteiger partial charge in [0.2, 0.25) is 0 Å². The van der Waals surface area contributed by atoms with Crippen molar-refractivity contribution in [2.45, 2.75) is 72.3 Å². The summed E-state index contributed by atoms with van der Waals surface area (Å²) in [6.45, 7) is 8.34. The third-order valence-electron chi connectivity index (χ3n) is 5.10. The van der Waals surface area contributed by atoms with Crippen LogP contribution in [0.25, 0.3) is 0 Å². The second kappa shape index (κ2) is 12.5. The summed E-state index contributed by atoms with van der Waals surface area (Å²) in [6, 6.07) is 10.7. The van der Waals surface area contributed by atoms with Crippen molar-refractivity contribution in [2.75, 3.05) is 11.4 Å². The third kappa shape index (κ3) is 6.59. The average molecular weight is 398 g/mol. The molecule has 0 aliphatic rings. The van der Waals surface area contributed by atoms with Crippen LogP contribution in [-0.2, 0) is 19.4 Å². The minimum absolute atomic E-state index is 0.736. The van der Waals surface area contributed by atoms with Crippen molar-refractivity contribution in [1.82, 2.24) is 10.3 Å². The monoisotopic (exact) mass is 397 g/mol. The highest BCUT2D eigenvalue weighted by atomic mass is 32.1. The standard InChI is InChI=1S/C24H35N3S/c1-4-7-8-9-10-17-26-24(28)27(19-20-13-12-16-25-18-20)23-21(5-2)14-11-15-22(23)6-3/h11-16,18H,4-10,17,19H2,1-3H3,(H,26,28). The molecule has 1 aromatic carbocycles. The van der Waals surface area contributed by atoms with Gasteiger partial charge >= 0.3 is 0 Å². The van der Waals surface area contributed by atoms with Crippen molar-refractivity contribution in [2.24, 2.45) is 0 Å². The number of aryl methyl sites for hydroxylation is 2. The van der Waals surface area contributed by atoms with Gasteiger partial charge in [-0.3, -0.25) is 4.98 Å². The molecule has 0 amide bonds. The maximum Gasteiger partial charge on any atom is 0.173 e. The summed E-state index contributed by atoms with van der Waals surface area (Å²) in [7, 11) is 0. The zero-order valence-electron chi connectivity index (χ0n) is 17.7. The Bertz CT molecular complexity index is 693. The molecule has 152 valence electrons. The van der Waals surface area contributed by atoms with Crippen LogP contribution in [0.3, 0.4) is 0 Å². The fraction of sp³-hybridized carbons (Fsp3) is 0.500. The predicted octanol–water partition coefficient (Wildman–Crippen LogP) is 6.06. The number of benzene rings is 1. The highest BCUT2D eigenvalue weighted by Gasteiger charge is 2.18. The van der Waals surface area contributed by atoms with Gasteiger partial charge in [-0.05, 0) is 54.2 Å². The minimum Gasteiger partial charge on any atom is -0.362 e. The SMILES string of the molecule is CCCCCCCNC(=S)N(Cc1cccnc1)c1c(CC)cccc1CC. The van der Waals surface area contributed by atoms with Crippen molar-refractivity contribution in [3.63, 3.8) is 0 Å². The molecule has 0 atom stereocenters. The molecule has 1 heterocycles. The van der Waals surface area contributed by atoms with Gasteiger partial charge in [-0.1, -0.05) is 70.7 Å². The second-order valence-electron chi connectivity index (χ2n) is 7.23. The summed E-state index contributed by atoms with van der Waals surface area (Å²) in [5.74, 6) is 0. The number of rotatable bonds is 11. The van der Waals surface area contributed by atoms with Crippen LogP contribution in [0.15, 0.2) is 42.7 Å². The van der Waals surface area contributed by atoms with Gasteiger partial charge in [0, 0.05) is 24.6 Å². The van der Waals surface area contributed by atoms with Gasteiger partial charge in [-0.2, -0.15) is 0 Å². The number of hydrogen-bond acceptors (Lipinski definition) is 2. The molecule has 0 radical (unpaired) electrons. The van der Waals surface area contributed by atoms with Crippen LogP contribution in [0.2, 0.25) is 0 Å². The van der Waals surface area contributed by atoms with Crippen LogP contribution in [0.1, 0.15) is 69.6 Å². The molecule has 28 heavy (non-hydrogen) atoms. The van der Waals surface area contributed by atoms with E-state index in [9.17, 15) is 0 Å². The number of pyridine rings is 1. The number of aromatic nitrogens is 1. The maximum absolute atomic E-state index is 5.87. The van der Waals surface area contributed by atoms with E-state index in [0.717, 1.165) is 37.5 Å². The van der Waals surface area contributed by atoms with E-state index >= 15 is 0 Å². The molecule has 0 unspecified atom stereocenters. The Morgan fingerprint density at radius 3 is 2.29 bits per heavy atom. The zero-order valence-corrected chi connectivity index (χ0v) is 18.5. The molecule has 4 heteroatoms. The Morgan fingerprint density at radius 2 is 1.68 bits per heavy atom. The van der Waals surface area contributed by atoms with Crippen LogP contribution in [0, 0.1) is 0 Å². The van der Waals surface area contributed by atoms with E-state index in [2.05, 4.69) is 60.2 Å². The second-order valence-corrected chi connectivity index (χ2v) is 7.61. The van der Waals surface area contributed by atoms with E-state index in [0.29, 0.717) is 0 Å². The van der Waals surface area contributed by atoms with Crippen molar-refractivity contribution >= 4 is 23.0 Å². The van der Waals surface area contributed by atoms with Crippen molar-refractivity contribution in [1.29, 1.82) is 0 Å². The molecule has 0 spiro atoms. The van der Waals surface area contributed by atoms with Crippen molar-refractivity contribution in [3.8, 4) is 0 Å². The first kappa shape index (κ1) is 22.4. The van der Waals surface area contributed by atoms with Crippen LogP contribution < -0.4 is 10.2 Å². The van der Waals surface area contributed by atoms with E-state index in [-0.39, 0.29) is 0 Å². The van der Waals surface area contributed by atoms with Crippen LogP contribution in [0.4, 0.5) is 5.69 Å². The molecule has 1 N–H and O–H groups in total. The predicted molar refractivity (Wildman–Crippen MR) is 125 cm³/mol. The first-order chi connectivity index (χ1) is 13.7. The third-order valence-corrected chi connectivity index (χ3v) is 5.46. The molecule has 0 saturated heterocycles. The number of anilines is 1. The lowest BCUT2D eigenvalue weighted by Crippen LogP contribution is -2.41. The zero-order chi connectivity index (χ0) is 20.2. The molecular formula is C24H35N3S. The van der Waals surface area contributed by atoms with E-state index in [1.54, 1.807) is 0 Å². The normalized spacial score (nSPS) is 10.7. The van der Waals surface area contributed by atoms with E-state index < -0.39 is 0 Å². The average Bonchev–Trinajstić information content (AvgIpc) is 2.74. The van der Waals surface area contributed by atoms with Crippen LogP contribution in [-0.4, -0.2) is 16.6 Å².